The highest BCUT2D eigenvalue weighted by molar-refractivity contribution is 5.89. The van der Waals surface area contributed by atoms with Crippen LogP contribution in [-0.4, -0.2) is 22.8 Å². The van der Waals surface area contributed by atoms with Gasteiger partial charge in [0.1, 0.15) is 0 Å². The summed E-state index contributed by atoms with van der Waals surface area (Å²) in [6, 6.07) is 2.54. The van der Waals surface area contributed by atoms with Crippen molar-refractivity contribution in [3.05, 3.63) is 24.3 Å². The minimum absolute atomic E-state index is 0.0372. The van der Waals surface area contributed by atoms with E-state index in [1.807, 2.05) is 0 Å². The van der Waals surface area contributed by atoms with E-state index in [4.69, 9.17) is 9.47 Å². The Morgan fingerprint density at radius 2 is 2.06 bits per heavy atom. The van der Waals surface area contributed by atoms with Crippen LogP contribution in [0.4, 0.5) is 0 Å². The lowest BCUT2D eigenvalue weighted by Crippen LogP contribution is -2.09. The summed E-state index contributed by atoms with van der Waals surface area (Å²) in [6.45, 7) is 6.90. The maximum absolute atomic E-state index is 11.3. The van der Waals surface area contributed by atoms with Crippen molar-refractivity contribution in [2.24, 2.45) is 0 Å². The molecule has 0 bridgehead atoms. The standard InChI is InChI=1S/C12H14O5/c1-4-16-11-9(17-12(15)7(2)3)6-5-8(13)10(11)14/h5-6,13-14H,2,4H2,1,3H3. The van der Waals surface area contributed by atoms with Gasteiger partial charge < -0.3 is 19.7 Å². The molecule has 0 aromatic heterocycles. The van der Waals surface area contributed by atoms with Crippen LogP contribution < -0.4 is 9.47 Å². The van der Waals surface area contributed by atoms with E-state index in [1.165, 1.54) is 19.1 Å². The summed E-state index contributed by atoms with van der Waals surface area (Å²) in [5.41, 5.74) is 0.222. The first-order valence-corrected chi connectivity index (χ1v) is 5.02. The predicted molar refractivity (Wildman–Crippen MR) is 61.4 cm³/mol. The second-order valence-electron chi connectivity index (χ2n) is 3.36. The minimum Gasteiger partial charge on any atom is -0.504 e. The van der Waals surface area contributed by atoms with Gasteiger partial charge in [0.05, 0.1) is 6.61 Å². The van der Waals surface area contributed by atoms with Crippen molar-refractivity contribution < 1.29 is 24.5 Å². The summed E-state index contributed by atoms with van der Waals surface area (Å²) in [5, 5.41) is 18.9. The van der Waals surface area contributed by atoms with Crippen LogP contribution in [0.25, 0.3) is 0 Å². The highest BCUT2D eigenvalue weighted by Gasteiger charge is 2.17. The number of esters is 1. The van der Waals surface area contributed by atoms with Gasteiger partial charge in [0.15, 0.2) is 11.5 Å². The molecule has 0 heterocycles. The fourth-order valence-electron chi connectivity index (χ4n) is 1.09. The van der Waals surface area contributed by atoms with E-state index in [9.17, 15) is 15.0 Å². The van der Waals surface area contributed by atoms with Crippen molar-refractivity contribution in [3.63, 3.8) is 0 Å². The lowest BCUT2D eigenvalue weighted by atomic mass is 10.2. The Hall–Kier alpha value is -2.17. The Morgan fingerprint density at radius 3 is 2.59 bits per heavy atom. The number of benzene rings is 1. The van der Waals surface area contributed by atoms with Crippen LogP contribution in [0.1, 0.15) is 13.8 Å². The number of aromatic hydroxyl groups is 2. The van der Waals surface area contributed by atoms with Crippen LogP contribution in [-0.2, 0) is 4.79 Å². The molecule has 0 spiro atoms. The fourth-order valence-corrected chi connectivity index (χ4v) is 1.09. The molecule has 1 rings (SSSR count). The molecule has 0 saturated heterocycles. The van der Waals surface area contributed by atoms with Crippen molar-refractivity contribution in [1.82, 2.24) is 0 Å². The van der Waals surface area contributed by atoms with Crippen LogP contribution in [0, 0.1) is 0 Å². The van der Waals surface area contributed by atoms with Crippen molar-refractivity contribution >= 4 is 5.97 Å². The van der Waals surface area contributed by atoms with E-state index >= 15 is 0 Å². The van der Waals surface area contributed by atoms with E-state index in [-0.39, 0.29) is 29.4 Å². The molecule has 5 nitrogen and oxygen atoms in total. The average Bonchev–Trinajstić information content (AvgIpc) is 2.28. The van der Waals surface area contributed by atoms with E-state index in [1.54, 1.807) is 6.92 Å². The van der Waals surface area contributed by atoms with Gasteiger partial charge in [-0.15, -0.1) is 0 Å². The summed E-state index contributed by atoms with van der Waals surface area (Å²) in [4.78, 5) is 11.3. The third kappa shape index (κ3) is 2.90. The van der Waals surface area contributed by atoms with Gasteiger partial charge in [0.25, 0.3) is 0 Å². The summed E-state index contributed by atoms with van der Waals surface area (Å²) >= 11 is 0. The van der Waals surface area contributed by atoms with Gasteiger partial charge in [-0.3, -0.25) is 0 Å². The molecule has 0 aliphatic rings. The fraction of sp³-hybridized carbons (Fsp3) is 0.250. The smallest absolute Gasteiger partial charge is 0.338 e. The lowest BCUT2D eigenvalue weighted by Gasteiger charge is -2.12. The molecule has 0 fully saturated rings. The number of hydrogen-bond acceptors (Lipinski definition) is 5. The quantitative estimate of drug-likeness (QED) is 0.363. The minimum atomic E-state index is -0.629. The number of carbonyl (C=O) groups is 1. The monoisotopic (exact) mass is 238 g/mol. The van der Waals surface area contributed by atoms with Gasteiger partial charge in [-0.25, -0.2) is 4.79 Å². The van der Waals surface area contributed by atoms with E-state index in [0.29, 0.717) is 0 Å². The molecule has 0 atom stereocenters. The van der Waals surface area contributed by atoms with Gasteiger partial charge >= 0.3 is 5.97 Å². The van der Waals surface area contributed by atoms with Crippen molar-refractivity contribution in [1.29, 1.82) is 0 Å². The topological polar surface area (TPSA) is 76.0 Å². The summed E-state index contributed by atoms with van der Waals surface area (Å²) in [5.74, 6) is -1.46. The second-order valence-corrected chi connectivity index (χ2v) is 3.36. The third-order valence-electron chi connectivity index (χ3n) is 1.91. The molecule has 1 aromatic carbocycles. The molecule has 0 aliphatic heterocycles. The second kappa shape index (κ2) is 5.25. The number of phenolic OH excluding ortho intramolecular Hbond substituents is 2. The number of hydrogen-bond donors (Lipinski definition) is 2. The molecule has 1 aromatic rings. The number of rotatable bonds is 4. The van der Waals surface area contributed by atoms with Gasteiger partial charge in [-0.05, 0) is 26.0 Å². The summed E-state index contributed by atoms with van der Waals surface area (Å²) in [7, 11) is 0. The Balaban J connectivity index is 3.10. The molecule has 0 radical (unpaired) electrons. The van der Waals surface area contributed by atoms with Crippen LogP contribution >= 0.6 is 0 Å². The van der Waals surface area contributed by atoms with E-state index in [0.717, 1.165) is 0 Å². The zero-order valence-corrected chi connectivity index (χ0v) is 9.69. The number of ether oxygens (including phenoxy) is 2. The summed E-state index contributed by atoms with van der Waals surface area (Å²) in [6.07, 6.45) is 0. The van der Waals surface area contributed by atoms with E-state index < -0.39 is 11.7 Å². The molecule has 0 aliphatic carbocycles. The molecule has 5 heteroatoms. The average molecular weight is 238 g/mol. The Morgan fingerprint density at radius 1 is 1.41 bits per heavy atom. The first-order chi connectivity index (χ1) is 7.97. The van der Waals surface area contributed by atoms with E-state index in [2.05, 4.69) is 6.58 Å². The molecule has 0 unspecified atom stereocenters. The van der Waals surface area contributed by atoms with Crippen molar-refractivity contribution in [3.8, 4) is 23.0 Å². The van der Waals surface area contributed by atoms with Gasteiger partial charge in [0, 0.05) is 5.57 Å². The first-order valence-electron chi connectivity index (χ1n) is 5.02. The molecule has 17 heavy (non-hydrogen) atoms. The SMILES string of the molecule is C=C(C)C(=O)Oc1ccc(O)c(O)c1OCC. The Kier molecular flexibility index (Phi) is 3.98. The highest BCUT2D eigenvalue weighted by Crippen LogP contribution is 2.42. The summed E-state index contributed by atoms with van der Waals surface area (Å²) < 4.78 is 10.1. The van der Waals surface area contributed by atoms with Crippen LogP contribution in [0.15, 0.2) is 24.3 Å². The van der Waals surface area contributed by atoms with Gasteiger partial charge in [0.2, 0.25) is 11.5 Å². The van der Waals surface area contributed by atoms with Gasteiger partial charge in [-0.1, -0.05) is 6.58 Å². The lowest BCUT2D eigenvalue weighted by molar-refractivity contribution is -0.130. The maximum Gasteiger partial charge on any atom is 0.338 e. The van der Waals surface area contributed by atoms with Crippen molar-refractivity contribution in [2.45, 2.75) is 13.8 Å². The van der Waals surface area contributed by atoms with Gasteiger partial charge in [-0.2, -0.15) is 0 Å². The Bertz CT molecular complexity index is 450. The van der Waals surface area contributed by atoms with Crippen LogP contribution in [0.2, 0.25) is 0 Å². The maximum atomic E-state index is 11.3. The third-order valence-corrected chi connectivity index (χ3v) is 1.91. The Labute approximate surface area is 98.9 Å². The normalized spacial score (nSPS) is 9.76. The zero-order chi connectivity index (χ0) is 13.0. The number of phenols is 2. The predicted octanol–water partition coefficient (Wildman–Crippen LogP) is 1.98. The van der Waals surface area contributed by atoms with Crippen LogP contribution in [0.3, 0.4) is 0 Å². The molecule has 92 valence electrons. The first kappa shape index (κ1) is 12.9. The zero-order valence-electron chi connectivity index (χ0n) is 9.69. The molecular formula is C12H14O5. The highest BCUT2D eigenvalue weighted by atomic mass is 16.6. The number of carbonyl (C=O) groups excluding carboxylic acids is 1. The molecule has 0 amide bonds. The van der Waals surface area contributed by atoms with Crippen molar-refractivity contribution in [2.75, 3.05) is 6.61 Å². The van der Waals surface area contributed by atoms with Crippen LogP contribution in [0.5, 0.6) is 23.0 Å². The molecule has 2 N–H and O–H groups in total. The molecular weight excluding hydrogens is 224 g/mol. The largest absolute Gasteiger partial charge is 0.504 e. The molecule has 0 saturated carbocycles.